The minimum Gasteiger partial charge on any atom is -0.423 e. The first-order chi connectivity index (χ1) is 10.3. The van der Waals surface area contributed by atoms with Gasteiger partial charge in [0, 0.05) is 11.1 Å². The van der Waals surface area contributed by atoms with Crippen LogP contribution in [0.5, 0.6) is 0 Å². The Morgan fingerprint density at radius 1 is 0.905 bits per heavy atom. The highest BCUT2D eigenvalue weighted by Gasteiger charge is 2.28. The molecule has 0 amide bonds. The fourth-order valence-electron chi connectivity index (χ4n) is 3.29. The van der Waals surface area contributed by atoms with E-state index in [1.807, 2.05) is 0 Å². The van der Waals surface area contributed by atoms with Crippen LogP contribution in [0.4, 0.5) is 0 Å². The van der Waals surface area contributed by atoms with Gasteiger partial charge < -0.3 is 4.74 Å². The first kappa shape index (κ1) is 16.3. The topological polar surface area (TPSA) is 26.3 Å². The molecule has 0 atom stereocenters. The van der Waals surface area contributed by atoms with Crippen LogP contribution >= 0.6 is 0 Å². The number of hydrogen-bond acceptors (Lipinski definition) is 2. The molecule has 0 saturated carbocycles. The first-order valence-electron chi connectivity index (χ1n) is 8.97. The van der Waals surface area contributed by atoms with Crippen LogP contribution in [-0.4, -0.2) is 5.97 Å². The molecule has 2 aliphatic rings. The average molecular weight is 290 g/mol. The molecule has 0 N–H and O–H groups in total. The van der Waals surface area contributed by atoms with E-state index < -0.39 is 0 Å². The molecule has 1 aliphatic carbocycles. The van der Waals surface area contributed by atoms with E-state index in [0.29, 0.717) is 0 Å². The molecular weight excluding hydrogens is 260 g/mol. The van der Waals surface area contributed by atoms with Gasteiger partial charge in [-0.2, -0.15) is 0 Å². The summed E-state index contributed by atoms with van der Waals surface area (Å²) in [7, 11) is 0. The van der Waals surface area contributed by atoms with Crippen molar-refractivity contribution in [2.75, 3.05) is 0 Å². The van der Waals surface area contributed by atoms with Crippen molar-refractivity contribution in [3.8, 4) is 0 Å². The van der Waals surface area contributed by atoms with E-state index in [0.717, 1.165) is 37.0 Å². The maximum absolute atomic E-state index is 12.1. The highest BCUT2D eigenvalue weighted by molar-refractivity contribution is 5.94. The molecule has 2 nitrogen and oxygen atoms in total. The van der Waals surface area contributed by atoms with Gasteiger partial charge in [0.25, 0.3) is 0 Å². The lowest BCUT2D eigenvalue weighted by atomic mass is 9.95. The Labute approximate surface area is 129 Å². The van der Waals surface area contributed by atoms with Crippen LogP contribution in [0.3, 0.4) is 0 Å². The second-order valence-electron chi connectivity index (χ2n) is 6.39. The van der Waals surface area contributed by atoms with Crippen molar-refractivity contribution in [1.82, 2.24) is 0 Å². The predicted molar refractivity (Wildman–Crippen MR) is 86.9 cm³/mol. The fourth-order valence-corrected chi connectivity index (χ4v) is 3.29. The molecule has 0 aromatic carbocycles. The van der Waals surface area contributed by atoms with E-state index >= 15 is 0 Å². The molecule has 0 unspecified atom stereocenters. The molecule has 2 rings (SSSR count). The number of unbranched alkanes of at least 4 members (excludes halogenated alkanes) is 2. The van der Waals surface area contributed by atoms with Crippen LogP contribution in [0.2, 0.25) is 0 Å². The van der Waals surface area contributed by atoms with Gasteiger partial charge in [0.1, 0.15) is 5.76 Å². The Morgan fingerprint density at radius 2 is 1.48 bits per heavy atom. The number of ether oxygens (including phenoxy) is 1. The Bertz CT molecular complexity index is 404. The molecule has 118 valence electrons. The number of cyclic esters (lactones) is 1. The third kappa shape index (κ3) is 5.01. The third-order valence-corrected chi connectivity index (χ3v) is 4.60. The zero-order valence-corrected chi connectivity index (χ0v) is 13.6. The predicted octanol–water partition coefficient (Wildman–Crippen LogP) is 5.83. The van der Waals surface area contributed by atoms with Crippen LogP contribution in [0, 0.1) is 0 Å². The second kappa shape index (κ2) is 9.07. The largest absolute Gasteiger partial charge is 0.423 e. The molecule has 1 heterocycles. The number of rotatable bonds is 3. The summed E-state index contributed by atoms with van der Waals surface area (Å²) in [5, 5.41) is 0. The quantitative estimate of drug-likeness (QED) is 0.483. The van der Waals surface area contributed by atoms with Crippen molar-refractivity contribution >= 4 is 5.97 Å². The van der Waals surface area contributed by atoms with Crippen molar-refractivity contribution in [3.05, 3.63) is 23.0 Å². The lowest BCUT2D eigenvalue weighted by Gasteiger charge is -2.08. The summed E-state index contributed by atoms with van der Waals surface area (Å²) in [4.78, 5) is 12.1. The number of carbonyl (C=O) groups excluding carboxylic acids is 1. The van der Waals surface area contributed by atoms with E-state index in [9.17, 15) is 4.79 Å². The summed E-state index contributed by atoms with van der Waals surface area (Å²) in [5.74, 6) is 0.824. The average Bonchev–Trinajstić information content (AvgIpc) is 2.75. The minimum absolute atomic E-state index is 0.0650. The molecule has 1 aliphatic heterocycles. The molecule has 0 saturated heterocycles. The van der Waals surface area contributed by atoms with Gasteiger partial charge in [-0.25, -0.2) is 4.79 Å². The van der Waals surface area contributed by atoms with Crippen molar-refractivity contribution in [1.29, 1.82) is 0 Å². The van der Waals surface area contributed by atoms with Crippen molar-refractivity contribution in [3.63, 3.8) is 0 Å². The highest BCUT2D eigenvalue weighted by atomic mass is 16.5. The van der Waals surface area contributed by atoms with Gasteiger partial charge in [0.05, 0.1) is 0 Å². The monoisotopic (exact) mass is 290 g/mol. The molecule has 0 bridgehead atoms. The SMILES string of the molecule is CCCC/C=C1\OC(=O)C2=C1CCCCCCCCCC2. The Morgan fingerprint density at radius 3 is 2.10 bits per heavy atom. The summed E-state index contributed by atoms with van der Waals surface area (Å²) in [5.41, 5.74) is 2.22. The van der Waals surface area contributed by atoms with Crippen LogP contribution in [0.15, 0.2) is 23.0 Å². The zero-order chi connectivity index (χ0) is 14.9. The Hall–Kier alpha value is -1.05. The molecule has 0 radical (unpaired) electrons. The molecular formula is C19H30O2. The summed E-state index contributed by atoms with van der Waals surface area (Å²) >= 11 is 0. The molecule has 0 fully saturated rings. The van der Waals surface area contributed by atoms with E-state index in [1.165, 1.54) is 63.4 Å². The van der Waals surface area contributed by atoms with Crippen LogP contribution < -0.4 is 0 Å². The van der Waals surface area contributed by atoms with Gasteiger partial charge in [0.2, 0.25) is 0 Å². The standard InChI is InChI=1S/C19H30O2/c1-2-3-10-15-18-16-13-11-8-6-4-5-7-9-12-14-17(16)19(20)21-18/h15H,2-14H2,1H3/b18-15-. The van der Waals surface area contributed by atoms with Gasteiger partial charge >= 0.3 is 5.97 Å². The van der Waals surface area contributed by atoms with Gasteiger partial charge in [-0.05, 0) is 44.6 Å². The van der Waals surface area contributed by atoms with Crippen molar-refractivity contribution < 1.29 is 9.53 Å². The molecule has 0 spiro atoms. The minimum atomic E-state index is -0.0650. The second-order valence-corrected chi connectivity index (χ2v) is 6.39. The van der Waals surface area contributed by atoms with Gasteiger partial charge in [-0.1, -0.05) is 51.9 Å². The number of allylic oxidation sites excluding steroid dienone is 2. The molecule has 2 heteroatoms. The Balaban J connectivity index is 2.08. The van der Waals surface area contributed by atoms with E-state index in [2.05, 4.69) is 13.0 Å². The number of esters is 1. The van der Waals surface area contributed by atoms with E-state index in [1.54, 1.807) is 0 Å². The molecule has 0 aromatic heterocycles. The smallest absolute Gasteiger partial charge is 0.339 e. The number of hydrogen-bond donors (Lipinski definition) is 0. The third-order valence-electron chi connectivity index (χ3n) is 4.60. The lowest BCUT2D eigenvalue weighted by molar-refractivity contribution is -0.133. The number of carbonyl (C=O) groups is 1. The fraction of sp³-hybridized carbons (Fsp3) is 0.737. The normalized spacial score (nSPS) is 23.5. The van der Waals surface area contributed by atoms with Crippen LogP contribution in [0.1, 0.15) is 90.4 Å². The lowest BCUT2D eigenvalue weighted by Crippen LogP contribution is -1.99. The van der Waals surface area contributed by atoms with Crippen LogP contribution in [-0.2, 0) is 9.53 Å². The highest BCUT2D eigenvalue weighted by Crippen LogP contribution is 2.34. The Kier molecular flexibility index (Phi) is 7.05. The summed E-state index contributed by atoms with van der Waals surface area (Å²) < 4.78 is 5.56. The van der Waals surface area contributed by atoms with E-state index in [-0.39, 0.29) is 5.97 Å². The summed E-state index contributed by atoms with van der Waals surface area (Å²) in [6, 6.07) is 0. The van der Waals surface area contributed by atoms with Crippen LogP contribution in [0.25, 0.3) is 0 Å². The molecule has 21 heavy (non-hydrogen) atoms. The zero-order valence-electron chi connectivity index (χ0n) is 13.6. The van der Waals surface area contributed by atoms with Gasteiger partial charge in [0.15, 0.2) is 0 Å². The van der Waals surface area contributed by atoms with Crippen molar-refractivity contribution in [2.24, 2.45) is 0 Å². The molecule has 0 aromatic rings. The van der Waals surface area contributed by atoms with Crippen molar-refractivity contribution in [2.45, 2.75) is 90.4 Å². The summed E-state index contributed by atoms with van der Waals surface area (Å²) in [6.07, 6.45) is 17.7. The maximum atomic E-state index is 12.1. The first-order valence-corrected chi connectivity index (χ1v) is 8.97. The van der Waals surface area contributed by atoms with E-state index in [4.69, 9.17) is 4.74 Å². The maximum Gasteiger partial charge on any atom is 0.339 e. The van der Waals surface area contributed by atoms with Gasteiger partial charge in [-0.3, -0.25) is 0 Å². The van der Waals surface area contributed by atoms with Gasteiger partial charge in [-0.15, -0.1) is 0 Å². The summed E-state index contributed by atoms with van der Waals surface area (Å²) in [6.45, 7) is 2.19.